The number of halogens is 3. The largest absolute Gasteiger partial charge is 0.389 e. The first-order chi connectivity index (χ1) is 7.85. The zero-order chi connectivity index (χ0) is 13.3. The van der Waals surface area contributed by atoms with Gasteiger partial charge in [0.05, 0.1) is 6.61 Å². The van der Waals surface area contributed by atoms with Gasteiger partial charge >= 0.3 is 6.18 Å². The molecule has 102 valence electrons. The van der Waals surface area contributed by atoms with Crippen LogP contribution in [0.15, 0.2) is 0 Å². The fraction of sp³-hybridized carbons (Fsp3) is 0.900. The van der Waals surface area contributed by atoms with Crippen molar-refractivity contribution < 1.29 is 17.9 Å². The van der Waals surface area contributed by atoms with Crippen molar-refractivity contribution in [2.24, 2.45) is 0 Å². The number of hydrogen-bond acceptors (Lipinski definition) is 2. The maximum absolute atomic E-state index is 11.8. The van der Waals surface area contributed by atoms with Crippen molar-refractivity contribution in [2.45, 2.75) is 38.4 Å². The van der Waals surface area contributed by atoms with E-state index < -0.39 is 12.6 Å². The van der Waals surface area contributed by atoms with Crippen LogP contribution in [0.2, 0.25) is 0 Å². The first kappa shape index (κ1) is 16.4. The van der Waals surface area contributed by atoms with Crippen molar-refractivity contribution in [3.63, 3.8) is 0 Å². The minimum atomic E-state index is -4.06. The highest BCUT2D eigenvalue weighted by molar-refractivity contribution is 7.80. The molecule has 0 amide bonds. The Morgan fingerprint density at radius 3 is 2.53 bits per heavy atom. The zero-order valence-corrected chi connectivity index (χ0v) is 10.9. The van der Waals surface area contributed by atoms with E-state index in [4.69, 9.17) is 17.0 Å². The van der Waals surface area contributed by atoms with Crippen LogP contribution in [-0.2, 0) is 4.74 Å². The average Bonchev–Trinajstić information content (AvgIpc) is 2.15. The monoisotopic (exact) mass is 272 g/mol. The van der Waals surface area contributed by atoms with Gasteiger partial charge in [0.25, 0.3) is 0 Å². The van der Waals surface area contributed by atoms with Gasteiger partial charge in [0.2, 0.25) is 0 Å². The molecular formula is C10H19F3N2OS. The molecule has 0 aromatic carbocycles. The van der Waals surface area contributed by atoms with Crippen molar-refractivity contribution in [3.05, 3.63) is 0 Å². The summed E-state index contributed by atoms with van der Waals surface area (Å²) in [6, 6.07) is 0.0789. The molecule has 2 N–H and O–H groups in total. The van der Waals surface area contributed by atoms with E-state index in [0.29, 0.717) is 24.7 Å². The molecule has 0 spiro atoms. The van der Waals surface area contributed by atoms with Crippen LogP contribution in [-0.4, -0.2) is 37.6 Å². The Labute approximate surface area is 105 Å². The molecule has 7 heteroatoms. The van der Waals surface area contributed by atoms with E-state index in [9.17, 15) is 13.2 Å². The molecule has 0 aliphatic heterocycles. The fourth-order valence-electron chi connectivity index (χ4n) is 1.22. The highest BCUT2D eigenvalue weighted by Crippen LogP contribution is 2.21. The Morgan fingerprint density at radius 1 is 1.35 bits per heavy atom. The lowest BCUT2D eigenvalue weighted by molar-refractivity contribution is -0.135. The van der Waals surface area contributed by atoms with Crippen LogP contribution in [0.5, 0.6) is 0 Å². The van der Waals surface area contributed by atoms with E-state index in [1.54, 1.807) is 7.11 Å². The van der Waals surface area contributed by atoms with Gasteiger partial charge in [-0.15, -0.1) is 0 Å². The molecule has 0 saturated carbocycles. The molecule has 3 nitrogen and oxygen atoms in total. The molecule has 0 radical (unpaired) electrons. The lowest BCUT2D eigenvalue weighted by Crippen LogP contribution is -2.42. The number of alkyl halides is 3. The Hall–Kier alpha value is -0.560. The lowest BCUT2D eigenvalue weighted by atomic mass is 10.2. The van der Waals surface area contributed by atoms with E-state index in [0.717, 1.165) is 0 Å². The SMILES string of the molecule is COCC(C)NC(=S)NCCCCC(F)(F)F. The Balaban J connectivity index is 3.46. The van der Waals surface area contributed by atoms with Gasteiger partial charge in [-0.2, -0.15) is 13.2 Å². The number of unbranched alkanes of at least 4 members (excludes halogenated alkanes) is 1. The van der Waals surface area contributed by atoms with Crippen LogP contribution in [0.1, 0.15) is 26.2 Å². The van der Waals surface area contributed by atoms with E-state index in [-0.39, 0.29) is 12.5 Å². The first-order valence-corrected chi connectivity index (χ1v) is 5.86. The summed E-state index contributed by atoms with van der Waals surface area (Å²) in [5.41, 5.74) is 0. The van der Waals surface area contributed by atoms with Crippen molar-refractivity contribution in [1.82, 2.24) is 10.6 Å². The summed E-state index contributed by atoms with van der Waals surface area (Å²) in [6.45, 7) is 2.87. The number of methoxy groups -OCH3 is 1. The zero-order valence-electron chi connectivity index (χ0n) is 10.1. The molecule has 1 unspecified atom stereocenters. The van der Waals surface area contributed by atoms with Crippen LogP contribution < -0.4 is 10.6 Å². The van der Waals surface area contributed by atoms with Gasteiger partial charge in [0.1, 0.15) is 0 Å². The van der Waals surface area contributed by atoms with Gasteiger partial charge in [-0.25, -0.2) is 0 Å². The fourth-order valence-corrected chi connectivity index (χ4v) is 1.52. The smallest absolute Gasteiger partial charge is 0.383 e. The van der Waals surface area contributed by atoms with Crippen molar-refractivity contribution in [3.8, 4) is 0 Å². The Bertz CT molecular complexity index is 224. The topological polar surface area (TPSA) is 33.3 Å². The standard InChI is InChI=1S/C10H19F3N2OS/c1-8(7-16-2)15-9(17)14-6-4-3-5-10(11,12)13/h8H,3-7H2,1-2H3,(H2,14,15,17). The second kappa shape index (κ2) is 8.52. The maximum atomic E-state index is 11.8. The summed E-state index contributed by atoms with van der Waals surface area (Å²) in [5.74, 6) is 0. The van der Waals surface area contributed by atoms with Crippen LogP contribution in [0.25, 0.3) is 0 Å². The molecule has 0 bridgehead atoms. The lowest BCUT2D eigenvalue weighted by Gasteiger charge is -2.16. The molecular weight excluding hydrogens is 253 g/mol. The van der Waals surface area contributed by atoms with E-state index in [2.05, 4.69) is 10.6 Å². The number of hydrogen-bond donors (Lipinski definition) is 2. The molecule has 0 aromatic heterocycles. The van der Waals surface area contributed by atoms with Crippen molar-refractivity contribution in [2.75, 3.05) is 20.3 Å². The third-order valence-electron chi connectivity index (χ3n) is 1.97. The van der Waals surface area contributed by atoms with Gasteiger partial charge in [-0.1, -0.05) is 0 Å². The highest BCUT2D eigenvalue weighted by Gasteiger charge is 2.25. The van der Waals surface area contributed by atoms with Crippen LogP contribution in [0.3, 0.4) is 0 Å². The van der Waals surface area contributed by atoms with Crippen LogP contribution in [0, 0.1) is 0 Å². The minimum Gasteiger partial charge on any atom is -0.383 e. The predicted octanol–water partition coefficient (Wildman–Crippen LogP) is 2.22. The van der Waals surface area contributed by atoms with Gasteiger partial charge in [-0.3, -0.25) is 0 Å². The quantitative estimate of drug-likeness (QED) is 0.550. The molecule has 17 heavy (non-hydrogen) atoms. The summed E-state index contributed by atoms with van der Waals surface area (Å²) in [6.07, 6.45) is -4.24. The van der Waals surface area contributed by atoms with Gasteiger partial charge in [-0.05, 0) is 32.0 Å². The molecule has 0 saturated heterocycles. The van der Waals surface area contributed by atoms with Crippen molar-refractivity contribution in [1.29, 1.82) is 0 Å². The van der Waals surface area contributed by atoms with Crippen LogP contribution in [0.4, 0.5) is 13.2 Å². The summed E-state index contributed by atoms with van der Waals surface area (Å²) < 4.78 is 40.4. The third kappa shape index (κ3) is 11.7. The minimum absolute atomic E-state index is 0.0789. The van der Waals surface area contributed by atoms with E-state index >= 15 is 0 Å². The molecule has 1 atom stereocenters. The maximum Gasteiger partial charge on any atom is 0.389 e. The summed E-state index contributed by atoms with van der Waals surface area (Å²) in [5, 5.41) is 6.26. The number of nitrogens with one attached hydrogen (secondary N) is 2. The molecule has 0 heterocycles. The van der Waals surface area contributed by atoms with Crippen LogP contribution >= 0.6 is 12.2 Å². The van der Waals surface area contributed by atoms with Crippen molar-refractivity contribution >= 4 is 17.3 Å². The summed E-state index contributed by atoms with van der Waals surface area (Å²) >= 11 is 4.97. The highest BCUT2D eigenvalue weighted by atomic mass is 32.1. The van der Waals surface area contributed by atoms with Gasteiger partial charge < -0.3 is 15.4 Å². The predicted molar refractivity (Wildman–Crippen MR) is 65.0 cm³/mol. The Kier molecular flexibility index (Phi) is 8.24. The van der Waals surface area contributed by atoms with Gasteiger partial charge in [0.15, 0.2) is 5.11 Å². The molecule has 0 fully saturated rings. The number of thiocarbonyl (C=S) groups is 1. The van der Waals surface area contributed by atoms with E-state index in [1.165, 1.54) is 0 Å². The normalized spacial score (nSPS) is 13.2. The molecule has 0 aliphatic rings. The number of ether oxygens (including phenoxy) is 1. The summed E-state index contributed by atoms with van der Waals surface area (Å²) in [4.78, 5) is 0. The molecule has 0 rings (SSSR count). The third-order valence-corrected chi connectivity index (χ3v) is 2.23. The molecule has 0 aliphatic carbocycles. The van der Waals surface area contributed by atoms with E-state index in [1.807, 2.05) is 6.92 Å². The molecule has 0 aromatic rings. The number of rotatable bonds is 7. The second-order valence-electron chi connectivity index (χ2n) is 3.83. The first-order valence-electron chi connectivity index (χ1n) is 5.45. The second-order valence-corrected chi connectivity index (χ2v) is 4.24. The van der Waals surface area contributed by atoms with Gasteiger partial charge in [0, 0.05) is 26.1 Å². The summed E-state index contributed by atoms with van der Waals surface area (Å²) in [7, 11) is 1.59. The Morgan fingerprint density at radius 2 is 2.00 bits per heavy atom. The average molecular weight is 272 g/mol.